The molecule has 0 aliphatic carbocycles. The number of carbonyl (C=O) groups is 1. The second kappa shape index (κ2) is 7.49. The van der Waals surface area contributed by atoms with Crippen LogP contribution in [0.5, 0.6) is 0 Å². The predicted octanol–water partition coefficient (Wildman–Crippen LogP) is 2.01. The summed E-state index contributed by atoms with van der Waals surface area (Å²) in [5, 5.41) is 3.02. The molecule has 1 fully saturated rings. The van der Waals surface area contributed by atoms with E-state index in [4.69, 9.17) is 0 Å². The molecule has 128 valence electrons. The first kappa shape index (κ1) is 16.5. The molecule has 1 saturated heterocycles. The van der Waals surface area contributed by atoms with Gasteiger partial charge in [-0.2, -0.15) is 0 Å². The highest BCUT2D eigenvalue weighted by Gasteiger charge is 2.31. The van der Waals surface area contributed by atoms with Crippen LogP contribution in [0.3, 0.4) is 0 Å². The van der Waals surface area contributed by atoms with E-state index in [1.807, 2.05) is 59.2 Å². The molecule has 2 heterocycles. The van der Waals surface area contributed by atoms with Crippen molar-refractivity contribution in [2.75, 3.05) is 26.2 Å². The Labute approximate surface area is 143 Å². The predicted molar refractivity (Wildman–Crippen MR) is 93.4 cm³/mol. The SMILES string of the molecule is CCN1CCN(C(=O)NCc2ccccc2)C[C@@H]1c1nccn1C. The number of amides is 2. The zero-order valence-corrected chi connectivity index (χ0v) is 14.4. The Morgan fingerprint density at radius 3 is 2.75 bits per heavy atom. The fraction of sp³-hybridized carbons (Fsp3) is 0.444. The first-order valence-corrected chi connectivity index (χ1v) is 8.47. The molecule has 0 radical (unpaired) electrons. The number of benzene rings is 1. The lowest BCUT2D eigenvalue weighted by Crippen LogP contribution is -2.53. The van der Waals surface area contributed by atoms with Crippen LogP contribution in [-0.2, 0) is 13.6 Å². The van der Waals surface area contributed by atoms with E-state index in [1.165, 1.54) is 0 Å². The Bertz CT molecular complexity index is 669. The van der Waals surface area contributed by atoms with Gasteiger partial charge in [0.15, 0.2) is 0 Å². The molecule has 1 aromatic carbocycles. The molecule has 1 N–H and O–H groups in total. The number of rotatable bonds is 4. The van der Waals surface area contributed by atoms with Gasteiger partial charge in [0, 0.05) is 45.6 Å². The fourth-order valence-corrected chi connectivity index (χ4v) is 3.21. The Hall–Kier alpha value is -2.34. The molecule has 6 nitrogen and oxygen atoms in total. The number of carbonyl (C=O) groups excluding carboxylic acids is 1. The first-order chi connectivity index (χ1) is 11.7. The summed E-state index contributed by atoms with van der Waals surface area (Å²) in [7, 11) is 2.00. The van der Waals surface area contributed by atoms with E-state index in [0.717, 1.165) is 31.0 Å². The summed E-state index contributed by atoms with van der Waals surface area (Å²) in [6.45, 7) is 5.94. The average Bonchev–Trinajstić information content (AvgIpc) is 3.05. The summed E-state index contributed by atoms with van der Waals surface area (Å²) in [4.78, 5) is 21.3. The second-order valence-corrected chi connectivity index (χ2v) is 6.13. The number of nitrogens with one attached hydrogen (secondary N) is 1. The lowest BCUT2D eigenvalue weighted by molar-refractivity contribution is 0.0878. The third kappa shape index (κ3) is 3.59. The van der Waals surface area contributed by atoms with Gasteiger partial charge in [-0.3, -0.25) is 4.90 Å². The smallest absolute Gasteiger partial charge is 0.317 e. The largest absolute Gasteiger partial charge is 0.337 e. The summed E-state index contributed by atoms with van der Waals surface area (Å²) in [5.41, 5.74) is 1.11. The highest BCUT2D eigenvalue weighted by atomic mass is 16.2. The van der Waals surface area contributed by atoms with Crippen molar-refractivity contribution in [2.24, 2.45) is 7.05 Å². The quantitative estimate of drug-likeness (QED) is 0.934. The van der Waals surface area contributed by atoms with Crippen LogP contribution < -0.4 is 5.32 Å². The van der Waals surface area contributed by atoms with Crippen LogP contribution in [0.25, 0.3) is 0 Å². The van der Waals surface area contributed by atoms with Crippen molar-refractivity contribution in [3.63, 3.8) is 0 Å². The van der Waals surface area contributed by atoms with Crippen LogP contribution in [0.2, 0.25) is 0 Å². The van der Waals surface area contributed by atoms with Gasteiger partial charge in [0.25, 0.3) is 0 Å². The summed E-state index contributed by atoms with van der Waals surface area (Å²) < 4.78 is 2.04. The van der Waals surface area contributed by atoms with Crippen molar-refractivity contribution < 1.29 is 4.79 Å². The highest BCUT2D eigenvalue weighted by Crippen LogP contribution is 2.23. The van der Waals surface area contributed by atoms with Crippen LogP contribution >= 0.6 is 0 Å². The third-order valence-corrected chi connectivity index (χ3v) is 4.63. The maximum absolute atomic E-state index is 12.5. The normalized spacial score (nSPS) is 18.6. The number of nitrogens with zero attached hydrogens (tertiary/aromatic N) is 4. The Kier molecular flexibility index (Phi) is 5.15. The van der Waals surface area contributed by atoms with Crippen molar-refractivity contribution in [3.05, 3.63) is 54.1 Å². The molecule has 1 aliphatic rings. The summed E-state index contributed by atoms with van der Waals surface area (Å²) in [6.07, 6.45) is 3.77. The van der Waals surface area contributed by atoms with Gasteiger partial charge in [-0.1, -0.05) is 37.3 Å². The van der Waals surface area contributed by atoms with Crippen LogP contribution in [-0.4, -0.2) is 51.6 Å². The van der Waals surface area contributed by atoms with Gasteiger partial charge in [-0.25, -0.2) is 9.78 Å². The van der Waals surface area contributed by atoms with Crippen LogP contribution in [0.15, 0.2) is 42.7 Å². The zero-order valence-electron chi connectivity index (χ0n) is 14.4. The van der Waals surface area contributed by atoms with Gasteiger partial charge in [0.05, 0.1) is 6.04 Å². The van der Waals surface area contributed by atoms with Gasteiger partial charge in [0.2, 0.25) is 0 Å². The van der Waals surface area contributed by atoms with Gasteiger partial charge >= 0.3 is 6.03 Å². The van der Waals surface area contributed by atoms with Crippen LogP contribution in [0.4, 0.5) is 4.79 Å². The Balaban J connectivity index is 1.64. The molecular formula is C18H25N5O. The van der Waals surface area contributed by atoms with Gasteiger partial charge in [-0.15, -0.1) is 0 Å². The van der Waals surface area contributed by atoms with Crippen molar-refractivity contribution >= 4 is 6.03 Å². The number of aromatic nitrogens is 2. The molecule has 0 bridgehead atoms. The molecule has 0 unspecified atom stereocenters. The number of urea groups is 1. The minimum atomic E-state index is -0.00573. The zero-order chi connectivity index (χ0) is 16.9. The summed E-state index contributed by atoms with van der Waals surface area (Å²) >= 11 is 0. The minimum Gasteiger partial charge on any atom is -0.337 e. The topological polar surface area (TPSA) is 53.4 Å². The summed E-state index contributed by atoms with van der Waals surface area (Å²) in [6, 6.07) is 10.1. The molecular weight excluding hydrogens is 302 g/mol. The molecule has 3 rings (SSSR count). The van der Waals surface area contributed by atoms with Gasteiger partial charge in [0.1, 0.15) is 5.82 Å². The number of imidazole rings is 1. The molecule has 0 spiro atoms. The molecule has 0 saturated carbocycles. The van der Waals surface area contributed by atoms with Crippen LogP contribution in [0, 0.1) is 0 Å². The van der Waals surface area contributed by atoms with E-state index < -0.39 is 0 Å². The molecule has 1 aromatic heterocycles. The number of aryl methyl sites for hydroxylation is 1. The molecule has 2 aromatic rings. The number of hydrogen-bond donors (Lipinski definition) is 1. The van der Waals surface area contributed by atoms with Crippen molar-refractivity contribution in [3.8, 4) is 0 Å². The Morgan fingerprint density at radius 2 is 2.08 bits per heavy atom. The maximum Gasteiger partial charge on any atom is 0.317 e. The van der Waals surface area contributed by atoms with Crippen molar-refractivity contribution in [1.29, 1.82) is 0 Å². The Morgan fingerprint density at radius 1 is 1.29 bits per heavy atom. The minimum absolute atomic E-state index is 0.00573. The molecule has 6 heteroatoms. The number of likely N-dealkylation sites (N-methyl/N-ethyl adjacent to an activating group) is 1. The molecule has 1 aliphatic heterocycles. The fourth-order valence-electron chi connectivity index (χ4n) is 3.21. The van der Waals surface area contributed by atoms with E-state index in [2.05, 4.69) is 22.1 Å². The number of piperazine rings is 1. The summed E-state index contributed by atoms with van der Waals surface area (Å²) in [5.74, 6) is 1.01. The molecule has 24 heavy (non-hydrogen) atoms. The maximum atomic E-state index is 12.5. The van der Waals surface area contributed by atoms with E-state index in [0.29, 0.717) is 13.1 Å². The van der Waals surface area contributed by atoms with Crippen molar-refractivity contribution in [2.45, 2.75) is 19.5 Å². The van der Waals surface area contributed by atoms with E-state index >= 15 is 0 Å². The monoisotopic (exact) mass is 327 g/mol. The molecule has 1 atom stereocenters. The third-order valence-electron chi connectivity index (χ3n) is 4.63. The van der Waals surface area contributed by atoms with Gasteiger partial charge < -0.3 is 14.8 Å². The van der Waals surface area contributed by atoms with Gasteiger partial charge in [-0.05, 0) is 12.1 Å². The average molecular weight is 327 g/mol. The van der Waals surface area contributed by atoms with E-state index in [-0.39, 0.29) is 12.1 Å². The first-order valence-electron chi connectivity index (χ1n) is 8.47. The lowest BCUT2D eigenvalue weighted by Gasteiger charge is -2.40. The molecule has 2 amide bonds. The number of hydrogen-bond acceptors (Lipinski definition) is 3. The lowest BCUT2D eigenvalue weighted by atomic mass is 10.1. The van der Waals surface area contributed by atoms with Crippen LogP contribution in [0.1, 0.15) is 24.4 Å². The van der Waals surface area contributed by atoms with Crippen molar-refractivity contribution in [1.82, 2.24) is 24.7 Å². The van der Waals surface area contributed by atoms with E-state index in [1.54, 1.807) is 0 Å². The van der Waals surface area contributed by atoms with E-state index in [9.17, 15) is 4.79 Å². The second-order valence-electron chi connectivity index (χ2n) is 6.13. The highest BCUT2D eigenvalue weighted by molar-refractivity contribution is 5.74. The standard InChI is InChI=1S/C18H25N5O/c1-3-22-11-12-23(14-16(22)17-19-9-10-21(17)2)18(24)20-13-15-7-5-4-6-8-15/h4-10,16H,3,11-14H2,1-2H3,(H,20,24)/t16-/m1/s1.